The van der Waals surface area contributed by atoms with Crippen molar-refractivity contribution < 1.29 is 9.47 Å². The maximum Gasteiger partial charge on any atom is 0.147 e. The number of imidazole rings is 1. The molecular weight excluding hydrogens is 384 g/mol. The van der Waals surface area contributed by atoms with Gasteiger partial charge in [-0.05, 0) is 66.8 Å². The Labute approximate surface area is 184 Å². The number of aromatic nitrogens is 2. The van der Waals surface area contributed by atoms with E-state index in [1.165, 1.54) is 11.1 Å². The van der Waals surface area contributed by atoms with Gasteiger partial charge >= 0.3 is 0 Å². The van der Waals surface area contributed by atoms with Crippen LogP contribution in [-0.4, -0.2) is 16.2 Å². The van der Waals surface area contributed by atoms with Crippen molar-refractivity contribution in [2.75, 3.05) is 6.61 Å². The standard InChI is InChI=1S/C27H30N2O2/c1-20(2)22-12-14-23(15-13-22)31-19-27-28-25-10-4-5-11-26(25)29(27)16-7-17-30-24-9-6-8-21(3)18-24/h4-6,8-15,18,20H,7,16-17,19H2,1-3H3. The van der Waals surface area contributed by atoms with Gasteiger partial charge in [0.15, 0.2) is 0 Å². The minimum absolute atomic E-state index is 0.439. The molecule has 0 unspecified atom stereocenters. The average Bonchev–Trinajstić information content (AvgIpc) is 3.13. The van der Waals surface area contributed by atoms with Crippen molar-refractivity contribution in [2.45, 2.75) is 46.3 Å². The molecule has 0 saturated carbocycles. The van der Waals surface area contributed by atoms with E-state index in [-0.39, 0.29) is 0 Å². The van der Waals surface area contributed by atoms with E-state index in [2.05, 4.69) is 67.8 Å². The summed E-state index contributed by atoms with van der Waals surface area (Å²) in [6.45, 7) is 8.40. The van der Waals surface area contributed by atoms with Crippen LogP contribution >= 0.6 is 0 Å². The molecule has 31 heavy (non-hydrogen) atoms. The molecule has 4 aromatic rings. The topological polar surface area (TPSA) is 36.3 Å². The maximum absolute atomic E-state index is 6.07. The first kappa shape index (κ1) is 21.0. The molecule has 4 rings (SSSR count). The summed E-state index contributed by atoms with van der Waals surface area (Å²) >= 11 is 0. The highest BCUT2D eigenvalue weighted by Gasteiger charge is 2.11. The van der Waals surface area contributed by atoms with Crippen molar-refractivity contribution in [3.05, 3.63) is 89.7 Å². The van der Waals surface area contributed by atoms with E-state index in [0.717, 1.165) is 41.3 Å². The third kappa shape index (κ3) is 5.26. The van der Waals surface area contributed by atoms with E-state index in [0.29, 0.717) is 19.1 Å². The predicted molar refractivity (Wildman–Crippen MR) is 126 cm³/mol. The van der Waals surface area contributed by atoms with Gasteiger partial charge in [-0.3, -0.25) is 0 Å². The monoisotopic (exact) mass is 414 g/mol. The Bertz CT molecular complexity index is 1130. The quantitative estimate of drug-likeness (QED) is 0.293. The predicted octanol–water partition coefficient (Wildman–Crippen LogP) is 6.52. The minimum Gasteiger partial charge on any atom is -0.494 e. The highest BCUT2D eigenvalue weighted by Crippen LogP contribution is 2.21. The van der Waals surface area contributed by atoms with Crippen molar-refractivity contribution in [3.8, 4) is 11.5 Å². The average molecular weight is 415 g/mol. The second kappa shape index (κ2) is 9.69. The van der Waals surface area contributed by atoms with Crippen LogP contribution in [0.5, 0.6) is 11.5 Å². The van der Waals surface area contributed by atoms with E-state index in [1.54, 1.807) is 0 Å². The fraction of sp³-hybridized carbons (Fsp3) is 0.296. The van der Waals surface area contributed by atoms with Crippen LogP contribution in [0.15, 0.2) is 72.8 Å². The highest BCUT2D eigenvalue weighted by atomic mass is 16.5. The molecule has 0 aliphatic rings. The summed E-state index contributed by atoms with van der Waals surface area (Å²) in [5.74, 6) is 3.24. The summed E-state index contributed by atoms with van der Waals surface area (Å²) < 4.78 is 14.3. The van der Waals surface area contributed by atoms with Gasteiger partial charge < -0.3 is 14.0 Å². The zero-order valence-electron chi connectivity index (χ0n) is 18.5. The Morgan fingerprint density at radius 2 is 1.68 bits per heavy atom. The van der Waals surface area contributed by atoms with Crippen molar-refractivity contribution in [1.29, 1.82) is 0 Å². The Morgan fingerprint density at radius 1 is 0.871 bits per heavy atom. The van der Waals surface area contributed by atoms with Gasteiger partial charge in [0, 0.05) is 6.54 Å². The molecule has 0 fully saturated rings. The number of rotatable bonds is 9. The fourth-order valence-electron chi connectivity index (χ4n) is 3.70. The fourth-order valence-corrected chi connectivity index (χ4v) is 3.70. The molecule has 0 amide bonds. The molecule has 4 heteroatoms. The zero-order valence-corrected chi connectivity index (χ0v) is 18.5. The lowest BCUT2D eigenvalue weighted by molar-refractivity contribution is 0.280. The SMILES string of the molecule is Cc1cccc(OCCCn2c(COc3ccc(C(C)C)cc3)nc3ccccc32)c1. The molecule has 0 saturated heterocycles. The van der Waals surface area contributed by atoms with E-state index in [4.69, 9.17) is 14.5 Å². The van der Waals surface area contributed by atoms with Gasteiger partial charge in [-0.15, -0.1) is 0 Å². The van der Waals surface area contributed by atoms with Crippen LogP contribution in [0.1, 0.15) is 43.1 Å². The number of benzene rings is 3. The van der Waals surface area contributed by atoms with E-state index in [9.17, 15) is 0 Å². The summed E-state index contributed by atoms with van der Waals surface area (Å²) in [5.41, 5.74) is 4.65. The summed E-state index contributed by atoms with van der Waals surface area (Å²) in [6.07, 6.45) is 0.893. The molecule has 0 atom stereocenters. The van der Waals surface area contributed by atoms with E-state index >= 15 is 0 Å². The van der Waals surface area contributed by atoms with Crippen molar-refractivity contribution in [3.63, 3.8) is 0 Å². The van der Waals surface area contributed by atoms with Crippen LogP contribution in [0.25, 0.3) is 11.0 Å². The lowest BCUT2D eigenvalue weighted by Crippen LogP contribution is -2.10. The first-order chi connectivity index (χ1) is 15.1. The molecule has 160 valence electrons. The Hall–Kier alpha value is -3.27. The molecule has 0 spiro atoms. The van der Waals surface area contributed by atoms with E-state index < -0.39 is 0 Å². The van der Waals surface area contributed by atoms with Crippen LogP contribution in [0.4, 0.5) is 0 Å². The molecule has 3 aromatic carbocycles. The normalized spacial score (nSPS) is 11.2. The number of hydrogen-bond donors (Lipinski definition) is 0. The van der Waals surface area contributed by atoms with Crippen molar-refractivity contribution >= 4 is 11.0 Å². The van der Waals surface area contributed by atoms with Gasteiger partial charge in [0.05, 0.1) is 17.6 Å². The zero-order chi connectivity index (χ0) is 21.6. The Kier molecular flexibility index (Phi) is 6.56. The third-order valence-electron chi connectivity index (χ3n) is 5.43. The molecule has 0 bridgehead atoms. The van der Waals surface area contributed by atoms with Gasteiger partial charge in [-0.25, -0.2) is 4.98 Å². The Balaban J connectivity index is 1.42. The molecule has 0 N–H and O–H groups in total. The number of aryl methyl sites for hydroxylation is 2. The lowest BCUT2D eigenvalue weighted by atomic mass is 10.0. The van der Waals surface area contributed by atoms with Crippen LogP contribution in [-0.2, 0) is 13.2 Å². The van der Waals surface area contributed by atoms with Gasteiger partial charge in [0.2, 0.25) is 0 Å². The molecule has 0 aliphatic heterocycles. The van der Waals surface area contributed by atoms with Crippen LogP contribution in [0.2, 0.25) is 0 Å². The summed E-state index contributed by atoms with van der Waals surface area (Å²) in [7, 11) is 0. The molecule has 0 aliphatic carbocycles. The van der Waals surface area contributed by atoms with Gasteiger partial charge in [-0.2, -0.15) is 0 Å². The number of hydrogen-bond acceptors (Lipinski definition) is 3. The smallest absolute Gasteiger partial charge is 0.147 e. The third-order valence-corrected chi connectivity index (χ3v) is 5.43. The van der Waals surface area contributed by atoms with Crippen LogP contribution < -0.4 is 9.47 Å². The molecule has 1 aromatic heterocycles. The molecular formula is C27H30N2O2. The molecule has 1 heterocycles. The number of para-hydroxylation sites is 2. The number of ether oxygens (including phenoxy) is 2. The van der Waals surface area contributed by atoms with Crippen LogP contribution in [0.3, 0.4) is 0 Å². The summed E-state index contributed by atoms with van der Waals surface area (Å²) in [5, 5.41) is 0. The second-order valence-electron chi connectivity index (χ2n) is 8.20. The van der Waals surface area contributed by atoms with Gasteiger partial charge in [0.1, 0.15) is 23.9 Å². The first-order valence-electron chi connectivity index (χ1n) is 11.0. The lowest BCUT2D eigenvalue weighted by Gasteiger charge is -2.12. The number of fused-ring (bicyclic) bond motifs is 1. The van der Waals surface area contributed by atoms with Gasteiger partial charge in [-0.1, -0.05) is 50.2 Å². The summed E-state index contributed by atoms with van der Waals surface area (Å²) in [6, 6.07) is 24.8. The second-order valence-corrected chi connectivity index (χ2v) is 8.20. The van der Waals surface area contributed by atoms with Crippen molar-refractivity contribution in [2.24, 2.45) is 0 Å². The minimum atomic E-state index is 0.439. The van der Waals surface area contributed by atoms with Gasteiger partial charge in [0.25, 0.3) is 0 Å². The van der Waals surface area contributed by atoms with E-state index in [1.807, 2.05) is 30.3 Å². The Morgan fingerprint density at radius 3 is 2.45 bits per heavy atom. The highest BCUT2D eigenvalue weighted by molar-refractivity contribution is 5.75. The van der Waals surface area contributed by atoms with Crippen LogP contribution in [0, 0.1) is 6.92 Å². The van der Waals surface area contributed by atoms with Crippen molar-refractivity contribution in [1.82, 2.24) is 9.55 Å². The largest absolute Gasteiger partial charge is 0.494 e. The maximum atomic E-state index is 6.07. The molecule has 4 nitrogen and oxygen atoms in total. The first-order valence-corrected chi connectivity index (χ1v) is 11.0. The molecule has 0 radical (unpaired) electrons. The summed E-state index contributed by atoms with van der Waals surface area (Å²) in [4.78, 5) is 4.82. The number of nitrogens with zero attached hydrogens (tertiary/aromatic N) is 2.